The lowest BCUT2D eigenvalue weighted by Crippen LogP contribution is -2.12. The molecule has 98 valence electrons. The predicted octanol–water partition coefficient (Wildman–Crippen LogP) is 1.05. The molecule has 6 nitrogen and oxygen atoms in total. The Balaban J connectivity index is 2.29. The van der Waals surface area contributed by atoms with Gasteiger partial charge in [0.05, 0.1) is 16.3 Å². The second-order valence-corrected chi connectivity index (χ2v) is 6.54. The standard InChI is InChI=1S/C10H14N4O2S2/c1-7-10(5-14(2)12-7)13-18(15,16)9-3-8(4-11)17-6-9/h3,5-6,13H,4,11H2,1-2H3. The highest BCUT2D eigenvalue weighted by Gasteiger charge is 2.18. The second-order valence-electron chi connectivity index (χ2n) is 3.86. The van der Waals surface area contributed by atoms with Gasteiger partial charge in [-0.15, -0.1) is 11.3 Å². The van der Waals surface area contributed by atoms with E-state index in [0.29, 0.717) is 17.9 Å². The van der Waals surface area contributed by atoms with Crippen LogP contribution in [-0.2, 0) is 23.6 Å². The van der Waals surface area contributed by atoms with E-state index in [4.69, 9.17) is 5.73 Å². The normalized spacial score (nSPS) is 11.7. The van der Waals surface area contributed by atoms with Crippen LogP contribution in [0.5, 0.6) is 0 Å². The summed E-state index contributed by atoms with van der Waals surface area (Å²) in [5.41, 5.74) is 6.59. The van der Waals surface area contributed by atoms with Crippen molar-refractivity contribution in [1.29, 1.82) is 0 Å². The number of aromatic nitrogens is 2. The molecular weight excluding hydrogens is 272 g/mol. The number of nitrogens with zero attached hydrogens (tertiary/aromatic N) is 2. The van der Waals surface area contributed by atoms with Crippen molar-refractivity contribution in [3.63, 3.8) is 0 Å². The van der Waals surface area contributed by atoms with E-state index in [9.17, 15) is 8.42 Å². The van der Waals surface area contributed by atoms with Crippen LogP contribution in [0.2, 0.25) is 0 Å². The lowest BCUT2D eigenvalue weighted by Gasteiger charge is -2.04. The van der Waals surface area contributed by atoms with E-state index in [1.807, 2.05) is 0 Å². The minimum atomic E-state index is -3.56. The molecule has 0 aliphatic carbocycles. The molecule has 0 unspecified atom stereocenters. The van der Waals surface area contributed by atoms with E-state index in [1.54, 1.807) is 36.3 Å². The smallest absolute Gasteiger partial charge is 0.262 e. The highest BCUT2D eigenvalue weighted by atomic mass is 32.2. The fourth-order valence-electron chi connectivity index (χ4n) is 1.51. The fraction of sp³-hybridized carbons (Fsp3) is 0.300. The Morgan fingerprint density at radius 2 is 2.28 bits per heavy atom. The summed E-state index contributed by atoms with van der Waals surface area (Å²) in [4.78, 5) is 1.06. The molecule has 0 aromatic carbocycles. The quantitative estimate of drug-likeness (QED) is 0.879. The van der Waals surface area contributed by atoms with E-state index in [2.05, 4.69) is 9.82 Å². The summed E-state index contributed by atoms with van der Waals surface area (Å²) in [7, 11) is -1.82. The van der Waals surface area contributed by atoms with Crippen LogP contribution in [0.4, 0.5) is 5.69 Å². The van der Waals surface area contributed by atoms with Gasteiger partial charge in [0.2, 0.25) is 0 Å². The van der Waals surface area contributed by atoms with Crippen LogP contribution in [0, 0.1) is 6.92 Å². The molecular formula is C10H14N4O2S2. The van der Waals surface area contributed by atoms with Crippen molar-refractivity contribution in [2.24, 2.45) is 12.8 Å². The molecule has 2 heterocycles. The van der Waals surface area contributed by atoms with E-state index >= 15 is 0 Å². The number of rotatable bonds is 4. The summed E-state index contributed by atoms with van der Waals surface area (Å²) in [6.07, 6.45) is 1.63. The summed E-state index contributed by atoms with van der Waals surface area (Å²) in [6.45, 7) is 2.09. The zero-order chi connectivity index (χ0) is 13.3. The molecule has 2 aromatic rings. The Labute approximate surface area is 109 Å². The Morgan fingerprint density at radius 3 is 2.78 bits per heavy atom. The van der Waals surface area contributed by atoms with Crippen LogP contribution < -0.4 is 10.5 Å². The van der Waals surface area contributed by atoms with Crippen molar-refractivity contribution in [1.82, 2.24) is 9.78 Å². The number of hydrogen-bond acceptors (Lipinski definition) is 5. The monoisotopic (exact) mass is 286 g/mol. The van der Waals surface area contributed by atoms with E-state index in [0.717, 1.165) is 4.88 Å². The molecule has 0 saturated carbocycles. The Hall–Kier alpha value is -1.38. The first-order valence-corrected chi connectivity index (χ1v) is 7.59. The van der Waals surface area contributed by atoms with Crippen LogP contribution in [-0.4, -0.2) is 18.2 Å². The molecule has 18 heavy (non-hydrogen) atoms. The first-order chi connectivity index (χ1) is 8.42. The van der Waals surface area contributed by atoms with Crippen molar-refractivity contribution in [2.45, 2.75) is 18.4 Å². The first-order valence-electron chi connectivity index (χ1n) is 5.23. The molecule has 0 amide bonds. The van der Waals surface area contributed by atoms with E-state index < -0.39 is 10.0 Å². The van der Waals surface area contributed by atoms with Crippen LogP contribution >= 0.6 is 11.3 Å². The maximum Gasteiger partial charge on any atom is 0.262 e. The zero-order valence-corrected chi connectivity index (χ0v) is 11.7. The second kappa shape index (κ2) is 4.71. The number of aryl methyl sites for hydroxylation is 2. The van der Waals surface area contributed by atoms with Crippen molar-refractivity contribution < 1.29 is 8.42 Å². The number of sulfonamides is 1. The van der Waals surface area contributed by atoms with Gasteiger partial charge in [0.1, 0.15) is 0 Å². The number of anilines is 1. The molecule has 3 N–H and O–H groups in total. The van der Waals surface area contributed by atoms with Gasteiger partial charge in [-0.1, -0.05) is 0 Å². The maximum atomic E-state index is 12.1. The van der Waals surface area contributed by atoms with Crippen LogP contribution in [0.15, 0.2) is 22.5 Å². The number of nitrogens with two attached hydrogens (primary N) is 1. The molecule has 0 bridgehead atoms. The van der Waals surface area contributed by atoms with E-state index in [1.165, 1.54) is 11.3 Å². The Kier molecular flexibility index (Phi) is 3.42. The average Bonchev–Trinajstić information content (AvgIpc) is 2.86. The van der Waals surface area contributed by atoms with Gasteiger partial charge in [0.15, 0.2) is 0 Å². The lowest BCUT2D eigenvalue weighted by atomic mass is 10.4. The van der Waals surface area contributed by atoms with Gasteiger partial charge in [-0.05, 0) is 13.0 Å². The van der Waals surface area contributed by atoms with Crippen LogP contribution in [0.1, 0.15) is 10.6 Å². The number of nitrogens with one attached hydrogen (secondary N) is 1. The number of thiophene rings is 1. The maximum absolute atomic E-state index is 12.1. The SMILES string of the molecule is Cc1nn(C)cc1NS(=O)(=O)c1csc(CN)c1. The summed E-state index contributed by atoms with van der Waals surface area (Å²) < 4.78 is 28.3. The minimum absolute atomic E-state index is 0.233. The fourth-order valence-corrected chi connectivity index (χ4v) is 3.77. The number of hydrogen-bond donors (Lipinski definition) is 2. The molecule has 0 spiro atoms. The summed E-state index contributed by atoms with van der Waals surface area (Å²) in [5, 5.41) is 5.66. The third-order valence-corrected chi connectivity index (χ3v) is 4.85. The highest BCUT2D eigenvalue weighted by molar-refractivity contribution is 7.92. The van der Waals surface area contributed by atoms with Crippen molar-refractivity contribution >= 4 is 27.0 Å². The van der Waals surface area contributed by atoms with Crippen LogP contribution in [0.25, 0.3) is 0 Å². The topological polar surface area (TPSA) is 90.0 Å². The van der Waals surface area contributed by atoms with Gasteiger partial charge < -0.3 is 5.73 Å². The van der Waals surface area contributed by atoms with Crippen molar-refractivity contribution in [3.8, 4) is 0 Å². The van der Waals surface area contributed by atoms with Gasteiger partial charge in [-0.25, -0.2) is 8.42 Å². The van der Waals surface area contributed by atoms with Gasteiger partial charge in [0.25, 0.3) is 10.0 Å². The van der Waals surface area contributed by atoms with E-state index in [-0.39, 0.29) is 4.90 Å². The molecule has 2 aromatic heterocycles. The molecule has 0 aliphatic rings. The van der Waals surface area contributed by atoms with Gasteiger partial charge in [-0.3, -0.25) is 9.40 Å². The average molecular weight is 286 g/mol. The van der Waals surface area contributed by atoms with Gasteiger partial charge >= 0.3 is 0 Å². The molecule has 2 rings (SSSR count). The highest BCUT2D eigenvalue weighted by Crippen LogP contribution is 2.22. The third kappa shape index (κ3) is 2.55. The molecule has 8 heteroatoms. The summed E-state index contributed by atoms with van der Waals surface area (Å²) >= 11 is 1.33. The first kappa shape index (κ1) is 13.1. The Bertz CT molecular complexity index is 657. The molecule has 0 aliphatic heterocycles. The molecule has 0 atom stereocenters. The predicted molar refractivity (Wildman–Crippen MR) is 71.0 cm³/mol. The zero-order valence-electron chi connectivity index (χ0n) is 10.0. The third-order valence-electron chi connectivity index (χ3n) is 2.40. The van der Waals surface area contributed by atoms with Gasteiger partial charge in [-0.2, -0.15) is 5.10 Å². The van der Waals surface area contributed by atoms with Crippen molar-refractivity contribution in [3.05, 3.63) is 28.2 Å². The molecule has 0 radical (unpaired) electrons. The van der Waals surface area contributed by atoms with Crippen molar-refractivity contribution in [2.75, 3.05) is 4.72 Å². The Morgan fingerprint density at radius 1 is 1.56 bits per heavy atom. The summed E-state index contributed by atoms with van der Waals surface area (Å²) in [6, 6.07) is 1.58. The van der Waals surface area contributed by atoms with Crippen LogP contribution in [0.3, 0.4) is 0 Å². The molecule has 0 saturated heterocycles. The van der Waals surface area contributed by atoms with Gasteiger partial charge in [0, 0.05) is 30.0 Å². The largest absolute Gasteiger partial charge is 0.326 e. The minimum Gasteiger partial charge on any atom is -0.326 e. The summed E-state index contributed by atoms with van der Waals surface area (Å²) in [5.74, 6) is 0. The molecule has 0 fully saturated rings. The lowest BCUT2D eigenvalue weighted by molar-refractivity contribution is 0.601.